The third kappa shape index (κ3) is 5.96. The van der Waals surface area contributed by atoms with Gasteiger partial charge in [-0.1, -0.05) is 61.0 Å². The van der Waals surface area contributed by atoms with Crippen molar-refractivity contribution in [3.63, 3.8) is 0 Å². The minimum absolute atomic E-state index is 0.0376. The van der Waals surface area contributed by atoms with Crippen molar-refractivity contribution >= 4 is 32.7 Å². The number of rotatable bonds is 9. The Morgan fingerprint density at radius 2 is 1.63 bits per heavy atom. The number of ketones is 1. The summed E-state index contributed by atoms with van der Waals surface area (Å²) in [6.45, 7) is 4.14. The zero-order chi connectivity index (χ0) is 29.1. The summed E-state index contributed by atoms with van der Waals surface area (Å²) in [5.41, 5.74) is 5.64. The van der Waals surface area contributed by atoms with Crippen molar-refractivity contribution in [3.05, 3.63) is 125 Å². The van der Waals surface area contributed by atoms with Crippen LogP contribution >= 0.6 is 0 Å². The number of hydrogen-bond acceptors (Lipinski definition) is 5. The Hall–Kier alpha value is -4.60. The number of hydrogen-bond donors (Lipinski definition) is 2. The molecular weight excluding hydrogens is 536 g/mol. The lowest BCUT2D eigenvalue weighted by atomic mass is 10.0. The van der Waals surface area contributed by atoms with Gasteiger partial charge in [0, 0.05) is 29.8 Å². The first-order valence-electron chi connectivity index (χ1n) is 13.3. The maximum Gasteiger partial charge on any atom is 0.252 e. The zero-order valence-corrected chi connectivity index (χ0v) is 23.6. The van der Waals surface area contributed by atoms with Gasteiger partial charge >= 0.3 is 0 Å². The van der Waals surface area contributed by atoms with Gasteiger partial charge in [0.05, 0.1) is 21.5 Å². The van der Waals surface area contributed by atoms with Crippen LogP contribution in [0.4, 0.5) is 0 Å². The molecule has 0 bridgehead atoms. The van der Waals surface area contributed by atoms with Crippen molar-refractivity contribution in [1.82, 2.24) is 14.9 Å². The van der Waals surface area contributed by atoms with Gasteiger partial charge in [0.1, 0.15) is 5.82 Å². The second-order valence-corrected chi connectivity index (χ2v) is 11.4. The molecule has 0 aliphatic heterocycles. The van der Waals surface area contributed by atoms with E-state index in [4.69, 9.17) is 10.1 Å². The lowest BCUT2D eigenvalue weighted by Crippen LogP contribution is -2.28. The first-order valence-corrected chi connectivity index (χ1v) is 14.8. The molecule has 5 aromatic rings. The first kappa shape index (κ1) is 27.9. The molecule has 0 unspecified atom stereocenters. The predicted octanol–water partition coefficient (Wildman–Crippen LogP) is 4.75. The third-order valence-corrected chi connectivity index (χ3v) is 7.89. The maximum atomic E-state index is 13.0. The number of nitrogens with one attached hydrogen (secondary N) is 1. The molecule has 3 N–H and O–H groups in total. The summed E-state index contributed by atoms with van der Waals surface area (Å²) in [6, 6.07) is 27.3. The number of benzene rings is 4. The van der Waals surface area contributed by atoms with Gasteiger partial charge in [0.15, 0.2) is 5.78 Å². The molecule has 5 rings (SSSR count). The minimum atomic E-state index is -4.02. The number of aromatic nitrogens is 2. The van der Waals surface area contributed by atoms with Gasteiger partial charge < -0.3 is 5.32 Å². The molecule has 0 saturated heterocycles. The van der Waals surface area contributed by atoms with Crippen molar-refractivity contribution in [2.45, 2.75) is 31.6 Å². The molecule has 0 radical (unpaired) electrons. The van der Waals surface area contributed by atoms with Crippen LogP contribution in [0, 0.1) is 6.92 Å². The Labute approximate surface area is 238 Å². The van der Waals surface area contributed by atoms with Crippen molar-refractivity contribution in [2.24, 2.45) is 5.14 Å². The molecule has 0 atom stereocenters. The highest BCUT2D eigenvalue weighted by Gasteiger charge is 2.19. The number of amides is 1. The lowest BCUT2D eigenvalue weighted by molar-refractivity contribution is 0.0950. The Balaban J connectivity index is 1.31. The number of fused-ring (bicyclic) bond motifs is 1. The van der Waals surface area contributed by atoms with Crippen LogP contribution in [-0.4, -0.2) is 36.2 Å². The Bertz CT molecular complexity index is 1860. The van der Waals surface area contributed by atoms with Crippen molar-refractivity contribution in [3.8, 4) is 5.69 Å². The van der Waals surface area contributed by atoms with E-state index in [0.717, 1.165) is 33.7 Å². The van der Waals surface area contributed by atoms with Crippen LogP contribution in [-0.2, 0) is 22.9 Å². The van der Waals surface area contributed by atoms with Crippen LogP contribution in [0.3, 0.4) is 0 Å². The molecular formula is C32H30N4O4S. The summed E-state index contributed by atoms with van der Waals surface area (Å²) in [7, 11) is -4.02. The SMILES string of the molecule is CCc1nc2cc(C(=O)c3ccccc3)ccc2n1-c1ccc(CCNC(=O)c2cc(C)ccc2S(N)(=O)=O)cc1. The summed E-state index contributed by atoms with van der Waals surface area (Å²) in [5, 5.41) is 8.09. The smallest absolute Gasteiger partial charge is 0.252 e. The van der Waals surface area contributed by atoms with E-state index in [1.54, 1.807) is 25.1 Å². The molecule has 1 aromatic heterocycles. The van der Waals surface area contributed by atoms with E-state index in [9.17, 15) is 18.0 Å². The topological polar surface area (TPSA) is 124 Å². The summed E-state index contributed by atoms with van der Waals surface area (Å²) in [6.07, 6.45) is 1.27. The van der Waals surface area contributed by atoms with E-state index in [-0.39, 0.29) is 16.2 Å². The first-order chi connectivity index (χ1) is 19.7. The monoisotopic (exact) mass is 566 g/mol. The van der Waals surface area contributed by atoms with Crippen LogP contribution in [0.5, 0.6) is 0 Å². The van der Waals surface area contributed by atoms with Gasteiger partial charge in [-0.25, -0.2) is 18.5 Å². The van der Waals surface area contributed by atoms with E-state index in [1.807, 2.05) is 67.6 Å². The highest BCUT2D eigenvalue weighted by Crippen LogP contribution is 2.25. The highest BCUT2D eigenvalue weighted by atomic mass is 32.2. The highest BCUT2D eigenvalue weighted by molar-refractivity contribution is 7.89. The molecule has 41 heavy (non-hydrogen) atoms. The van der Waals surface area contributed by atoms with Crippen LogP contribution in [0.2, 0.25) is 0 Å². The number of nitrogens with zero attached hydrogens (tertiary/aromatic N) is 2. The molecule has 1 amide bonds. The van der Waals surface area contributed by atoms with Crippen LogP contribution in [0.25, 0.3) is 16.7 Å². The Morgan fingerprint density at radius 1 is 0.902 bits per heavy atom. The Morgan fingerprint density at radius 3 is 2.32 bits per heavy atom. The molecule has 1 heterocycles. The second-order valence-electron chi connectivity index (χ2n) is 9.83. The van der Waals surface area contributed by atoms with Crippen molar-refractivity contribution in [1.29, 1.82) is 0 Å². The number of imidazole rings is 1. The fraction of sp³-hybridized carbons (Fsp3) is 0.156. The quantitative estimate of drug-likeness (QED) is 0.249. The van der Waals surface area contributed by atoms with E-state index < -0.39 is 15.9 Å². The maximum absolute atomic E-state index is 13.0. The second kappa shape index (κ2) is 11.5. The summed E-state index contributed by atoms with van der Waals surface area (Å²) >= 11 is 0. The molecule has 0 fully saturated rings. The summed E-state index contributed by atoms with van der Waals surface area (Å²) in [5.74, 6) is 0.352. The van der Waals surface area contributed by atoms with Crippen LogP contribution < -0.4 is 10.5 Å². The minimum Gasteiger partial charge on any atom is -0.352 e. The van der Waals surface area contributed by atoms with Crippen LogP contribution in [0.15, 0.2) is 95.9 Å². The number of aryl methyl sites for hydroxylation is 2. The largest absolute Gasteiger partial charge is 0.352 e. The summed E-state index contributed by atoms with van der Waals surface area (Å²) in [4.78, 5) is 30.3. The number of sulfonamides is 1. The molecule has 0 aliphatic rings. The van der Waals surface area contributed by atoms with E-state index in [2.05, 4.69) is 9.88 Å². The number of carbonyl (C=O) groups is 2. The number of nitrogens with two attached hydrogens (primary N) is 1. The lowest BCUT2D eigenvalue weighted by Gasteiger charge is -2.11. The fourth-order valence-corrected chi connectivity index (χ4v) is 5.57. The summed E-state index contributed by atoms with van der Waals surface area (Å²) < 4.78 is 25.9. The number of primary sulfonamides is 1. The molecule has 0 saturated carbocycles. The molecule has 4 aromatic carbocycles. The van der Waals surface area contributed by atoms with Gasteiger partial charge in [-0.05, 0) is 61.4 Å². The van der Waals surface area contributed by atoms with Gasteiger partial charge in [-0.15, -0.1) is 0 Å². The fourth-order valence-electron chi connectivity index (χ4n) is 4.85. The predicted molar refractivity (Wildman–Crippen MR) is 159 cm³/mol. The van der Waals surface area contributed by atoms with Gasteiger partial charge in [0.25, 0.3) is 5.91 Å². The zero-order valence-electron chi connectivity index (χ0n) is 22.8. The Kier molecular flexibility index (Phi) is 7.83. The normalized spacial score (nSPS) is 11.5. The molecule has 0 spiro atoms. The average molecular weight is 567 g/mol. The molecule has 8 nitrogen and oxygen atoms in total. The van der Waals surface area contributed by atoms with Crippen molar-refractivity contribution in [2.75, 3.05) is 6.54 Å². The number of carbonyl (C=O) groups excluding carboxylic acids is 2. The van der Waals surface area contributed by atoms with Crippen LogP contribution in [0.1, 0.15) is 50.2 Å². The molecule has 0 aliphatic carbocycles. The average Bonchev–Trinajstić information content (AvgIpc) is 3.35. The third-order valence-electron chi connectivity index (χ3n) is 6.92. The molecule has 9 heteroatoms. The van der Waals surface area contributed by atoms with Gasteiger partial charge in [0.2, 0.25) is 10.0 Å². The van der Waals surface area contributed by atoms with Gasteiger partial charge in [-0.3, -0.25) is 14.2 Å². The molecule has 208 valence electrons. The van der Waals surface area contributed by atoms with Gasteiger partial charge in [-0.2, -0.15) is 0 Å². The van der Waals surface area contributed by atoms with E-state index >= 15 is 0 Å². The standard InChI is InChI=1S/C32H30N4O4S/c1-3-30-35-27-20-24(31(37)23-7-5-4-6-8-23)12-15-28(27)36(30)25-13-10-22(11-14-25)17-18-34-32(38)26-19-21(2)9-16-29(26)41(33,39)40/h4-16,19-20H,3,17-18H2,1-2H3,(H,34,38)(H2,33,39,40). The van der Waals surface area contributed by atoms with Crippen molar-refractivity contribution < 1.29 is 18.0 Å². The van der Waals surface area contributed by atoms with E-state index in [1.165, 1.54) is 12.1 Å². The van der Waals surface area contributed by atoms with E-state index in [0.29, 0.717) is 30.5 Å².